The fourth-order valence-corrected chi connectivity index (χ4v) is 11.3. The van der Waals surface area contributed by atoms with Gasteiger partial charge in [0.2, 0.25) is 0 Å². The number of nitrogens with two attached hydrogens (primary N) is 3. The Balaban J connectivity index is 0.000000196. The second kappa shape index (κ2) is 21.0. The number of aliphatic hydroxyl groups excluding tert-OH is 4. The van der Waals surface area contributed by atoms with Gasteiger partial charge in [-0.05, 0) is 62.6 Å². The Hall–Kier alpha value is -4.23. The van der Waals surface area contributed by atoms with Gasteiger partial charge in [-0.15, -0.1) is 0 Å². The van der Waals surface area contributed by atoms with E-state index in [1.54, 1.807) is 9.13 Å². The number of rotatable bonds is 19. The quantitative estimate of drug-likeness (QED) is 0.0350. The molecule has 0 saturated carbocycles. The molecule has 21 nitrogen and oxygen atoms in total. The van der Waals surface area contributed by atoms with Crippen molar-refractivity contribution >= 4 is 57.3 Å². The van der Waals surface area contributed by atoms with Crippen molar-refractivity contribution < 1.29 is 39.5 Å². The summed E-state index contributed by atoms with van der Waals surface area (Å²) >= 11 is 1.91. The standard InChI is InChI=1S/C27H39N7O5S.C16H24N6O3.CH4/c28-24-20-15(5-1-2-6-16(35)7-3-4-8-19-21-17(13-40-19)31-27(38)32-21)11-34(25(20)30-14-29-24)26-23(37)22(36)18(39-26)12-33-9-10-33;17-3-1-2-9-6-22(15-11(9)14(18)19-8-20-15)16-13(24)12(23)10(25-16)7-21-4-5-21;/h11,14,17-19,21-23,26,36-37H,1-10,12-13H2,(H2,28,29,30)(H2,31,32,38);6,8,10,12-13,16,23-24H,1-5,7,17H2,(H2,18,19,20);1H4/t17?,18-,19?,21?,22?,23+,26-;10-,12?,13+,16-;/m11./s1. The summed E-state index contributed by atoms with van der Waals surface area (Å²) in [5, 5.41) is 50.1. The van der Waals surface area contributed by atoms with E-state index in [1.165, 1.54) is 12.7 Å². The molecule has 22 heteroatoms. The maximum absolute atomic E-state index is 12.5. The third-order valence-corrected chi connectivity index (χ3v) is 15.1. The van der Waals surface area contributed by atoms with Crippen LogP contribution in [0.1, 0.15) is 82.4 Å². The van der Waals surface area contributed by atoms with E-state index in [-0.39, 0.29) is 31.3 Å². The van der Waals surface area contributed by atoms with Gasteiger partial charge >= 0.3 is 6.03 Å². The van der Waals surface area contributed by atoms with Crippen molar-refractivity contribution in [3.8, 4) is 0 Å². The average Bonchev–Trinajstić information content (AvgIpc) is 4.06. The van der Waals surface area contributed by atoms with E-state index < -0.39 is 49.1 Å². The molecule has 5 unspecified atom stereocenters. The van der Waals surface area contributed by atoms with E-state index in [0.717, 1.165) is 98.8 Å². The van der Waals surface area contributed by atoms with Crippen LogP contribution in [0.3, 0.4) is 0 Å². The predicted molar refractivity (Wildman–Crippen MR) is 249 cm³/mol. The summed E-state index contributed by atoms with van der Waals surface area (Å²) in [6.07, 6.45) is 8.02. The van der Waals surface area contributed by atoms with Crippen molar-refractivity contribution in [3.05, 3.63) is 36.2 Å². The summed E-state index contributed by atoms with van der Waals surface area (Å²) in [5.41, 5.74) is 21.0. The highest BCUT2D eigenvalue weighted by Gasteiger charge is 2.47. The van der Waals surface area contributed by atoms with Crippen molar-refractivity contribution in [2.75, 3.05) is 63.0 Å². The van der Waals surface area contributed by atoms with Gasteiger partial charge < -0.3 is 66.9 Å². The summed E-state index contributed by atoms with van der Waals surface area (Å²) in [4.78, 5) is 45.4. The summed E-state index contributed by atoms with van der Waals surface area (Å²) in [5.74, 6) is 2.00. The summed E-state index contributed by atoms with van der Waals surface area (Å²) in [6, 6.07) is 0.397. The Morgan fingerprint density at radius 2 is 1.24 bits per heavy atom. The maximum atomic E-state index is 12.5. The highest BCUT2D eigenvalue weighted by atomic mass is 32.2. The largest absolute Gasteiger partial charge is 0.387 e. The molecule has 0 bridgehead atoms. The first kappa shape index (κ1) is 48.2. The Bertz CT molecular complexity index is 2310. The number of unbranched alkanes of at least 4 members (excludes halogenated alkanes) is 2. The molecule has 0 spiro atoms. The molecule has 0 radical (unpaired) electrons. The van der Waals surface area contributed by atoms with Crippen LogP contribution < -0.4 is 27.8 Å². The number of carbonyl (C=O) groups is 2. The smallest absolute Gasteiger partial charge is 0.315 e. The van der Waals surface area contributed by atoms with Gasteiger partial charge in [0.1, 0.15) is 78.0 Å². The number of nitrogen functional groups attached to an aromatic ring is 2. The van der Waals surface area contributed by atoms with Crippen LogP contribution in [-0.2, 0) is 27.1 Å². The summed E-state index contributed by atoms with van der Waals surface area (Å²) in [7, 11) is 0. The Kier molecular flexibility index (Phi) is 15.3. The number of ether oxygens (including phenoxy) is 2. The van der Waals surface area contributed by atoms with E-state index in [4.69, 9.17) is 26.7 Å². The number of hydrogen-bond acceptors (Lipinski definition) is 18. The minimum absolute atomic E-state index is 0. The molecule has 0 aromatic carbocycles. The molecular formula is C44H67N13O8S. The number of nitrogens with zero attached hydrogens (tertiary/aromatic N) is 8. The maximum Gasteiger partial charge on any atom is 0.315 e. The van der Waals surface area contributed by atoms with E-state index in [1.807, 2.05) is 24.2 Å². The number of amides is 2. The fraction of sp³-hybridized carbons (Fsp3) is 0.682. The summed E-state index contributed by atoms with van der Waals surface area (Å²) in [6.45, 7) is 5.75. The van der Waals surface area contributed by atoms with Gasteiger partial charge in [-0.1, -0.05) is 13.8 Å². The van der Waals surface area contributed by atoms with Gasteiger partial charge in [0.05, 0.1) is 22.9 Å². The molecule has 10 rings (SSSR count). The molecular weight excluding hydrogens is 871 g/mol. The number of aromatic nitrogens is 6. The van der Waals surface area contributed by atoms with E-state index >= 15 is 0 Å². The number of anilines is 2. The molecule has 4 aromatic rings. The van der Waals surface area contributed by atoms with Gasteiger partial charge in [-0.2, -0.15) is 11.8 Å². The van der Waals surface area contributed by atoms with Gasteiger partial charge in [0, 0.05) is 75.5 Å². The zero-order valence-corrected chi connectivity index (χ0v) is 37.3. The van der Waals surface area contributed by atoms with Gasteiger partial charge in [0.25, 0.3) is 0 Å². The van der Waals surface area contributed by atoms with Gasteiger partial charge in [-0.25, -0.2) is 24.7 Å². The monoisotopic (exact) mass is 937 g/mol. The van der Waals surface area contributed by atoms with Crippen LogP contribution in [0.2, 0.25) is 0 Å². The molecule has 6 aliphatic heterocycles. The predicted octanol–water partition coefficient (Wildman–Crippen LogP) is 0.432. The van der Waals surface area contributed by atoms with Crippen LogP contribution in [-0.4, -0.2) is 177 Å². The van der Waals surface area contributed by atoms with E-state index in [9.17, 15) is 30.0 Å². The van der Waals surface area contributed by atoms with Crippen LogP contribution in [0.4, 0.5) is 16.4 Å². The number of aryl methyl sites for hydroxylation is 2. The van der Waals surface area contributed by atoms with Crippen LogP contribution in [0, 0.1) is 0 Å². The number of Topliss-reactive ketones (excluding diaryl/α,β-unsaturated/α-hetero) is 1. The lowest BCUT2D eigenvalue weighted by Crippen LogP contribution is -2.36. The first-order valence-corrected chi connectivity index (χ1v) is 24.1. The van der Waals surface area contributed by atoms with Gasteiger partial charge in [-0.3, -0.25) is 14.6 Å². The lowest BCUT2D eigenvalue weighted by molar-refractivity contribution is -0.119. The highest BCUT2D eigenvalue weighted by Crippen LogP contribution is 2.38. The summed E-state index contributed by atoms with van der Waals surface area (Å²) < 4.78 is 15.6. The van der Waals surface area contributed by atoms with Crippen LogP contribution >= 0.6 is 11.8 Å². The molecule has 11 atom stereocenters. The first-order chi connectivity index (χ1) is 31.5. The van der Waals surface area contributed by atoms with Crippen LogP contribution in [0.15, 0.2) is 25.0 Å². The number of nitrogens with one attached hydrogen (secondary N) is 2. The second-order valence-corrected chi connectivity index (χ2v) is 19.5. The molecule has 2 amide bonds. The minimum atomic E-state index is -1.08. The molecule has 10 heterocycles. The normalized spacial score (nSPS) is 30.3. The Morgan fingerprint density at radius 1 is 0.727 bits per heavy atom. The lowest BCUT2D eigenvalue weighted by atomic mass is 10.0. The molecule has 6 aliphatic rings. The number of fused-ring (bicyclic) bond motifs is 3. The van der Waals surface area contributed by atoms with E-state index in [0.29, 0.717) is 67.1 Å². The minimum Gasteiger partial charge on any atom is -0.387 e. The van der Waals surface area contributed by atoms with E-state index in [2.05, 4.69) is 40.4 Å². The third-order valence-electron chi connectivity index (χ3n) is 13.5. The highest BCUT2D eigenvalue weighted by molar-refractivity contribution is 8.00. The molecule has 12 N–H and O–H groups in total. The molecule has 4 aromatic heterocycles. The number of carbonyl (C=O) groups excluding carboxylic acids is 2. The zero-order valence-electron chi connectivity index (χ0n) is 36.5. The Labute approximate surface area is 388 Å². The molecule has 362 valence electrons. The second-order valence-electron chi connectivity index (χ2n) is 18.2. The number of thioether (sulfide) groups is 1. The molecule has 6 saturated heterocycles. The fourth-order valence-electron chi connectivity index (χ4n) is 9.74. The number of ketones is 1. The van der Waals surface area contributed by atoms with Crippen molar-refractivity contribution in [1.29, 1.82) is 0 Å². The number of hydrogen-bond donors (Lipinski definition) is 9. The van der Waals surface area contributed by atoms with Gasteiger partial charge in [0.15, 0.2) is 12.5 Å². The lowest BCUT2D eigenvalue weighted by Gasteiger charge is -2.17. The topological polar surface area (TPSA) is 303 Å². The van der Waals surface area contributed by atoms with Crippen LogP contribution in [0.5, 0.6) is 0 Å². The van der Waals surface area contributed by atoms with Crippen molar-refractivity contribution in [2.45, 2.75) is 138 Å². The zero-order chi connectivity index (χ0) is 45.4. The Morgan fingerprint density at radius 3 is 1.76 bits per heavy atom. The van der Waals surface area contributed by atoms with Crippen molar-refractivity contribution in [2.24, 2.45) is 5.73 Å². The average molecular weight is 938 g/mol. The number of aliphatic hydroxyl groups is 4. The third kappa shape index (κ3) is 10.4. The molecule has 6 fully saturated rings. The number of urea groups is 1. The van der Waals surface area contributed by atoms with Crippen molar-refractivity contribution in [1.82, 2.24) is 49.5 Å². The van der Waals surface area contributed by atoms with Crippen LogP contribution in [0.25, 0.3) is 22.1 Å². The first-order valence-electron chi connectivity index (χ1n) is 23.1. The SMILES string of the molecule is C.NCCCc1cn([C@@H]2O[C@H](CN3CC3)C(O)[C@@H]2O)c2ncnc(N)c12.Nc1ncnc2c1c(CCCCC(=O)CCCCC1SCC3NC(=O)NC31)cn2[C@@H]1O[C@H](CN2CC2)C(O)[C@@H]1O. The van der Waals surface area contributed by atoms with Crippen molar-refractivity contribution in [3.63, 3.8) is 0 Å². The molecule has 0 aliphatic carbocycles. The molecule has 66 heavy (non-hydrogen) atoms.